The molecule has 1 saturated heterocycles. The van der Waals surface area contributed by atoms with Crippen molar-refractivity contribution in [2.75, 3.05) is 27.2 Å². The molecule has 1 saturated carbocycles. The van der Waals surface area contributed by atoms with E-state index in [2.05, 4.69) is 23.9 Å². The fourth-order valence-corrected chi connectivity index (χ4v) is 3.23. The van der Waals surface area contributed by atoms with Crippen LogP contribution in [0.2, 0.25) is 0 Å². The monoisotopic (exact) mass is 225 g/mol. The number of rotatable bonds is 3. The van der Waals surface area contributed by atoms with Crippen molar-refractivity contribution in [2.24, 2.45) is 5.73 Å². The summed E-state index contributed by atoms with van der Waals surface area (Å²) in [5.41, 5.74) is 5.96. The topological polar surface area (TPSA) is 32.5 Å². The van der Waals surface area contributed by atoms with Gasteiger partial charge in [0.1, 0.15) is 0 Å². The largest absolute Gasteiger partial charge is 0.328 e. The van der Waals surface area contributed by atoms with Crippen LogP contribution in [-0.4, -0.2) is 55.1 Å². The van der Waals surface area contributed by atoms with Gasteiger partial charge in [-0.15, -0.1) is 0 Å². The molecule has 1 atom stereocenters. The van der Waals surface area contributed by atoms with Crippen LogP contribution in [0.15, 0.2) is 0 Å². The SMILES string of the molecule is CN1CCCC1CN(C)C1CCC(N)CC1. The predicted octanol–water partition coefficient (Wildman–Crippen LogP) is 1.28. The van der Waals surface area contributed by atoms with Gasteiger partial charge in [-0.25, -0.2) is 0 Å². The summed E-state index contributed by atoms with van der Waals surface area (Å²) in [7, 11) is 4.57. The summed E-state index contributed by atoms with van der Waals surface area (Å²) < 4.78 is 0. The fraction of sp³-hybridized carbons (Fsp3) is 1.00. The zero-order valence-electron chi connectivity index (χ0n) is 10.9. The van der Waals surface area contributed by atoms with Crippen molar-refractivity contribution < 1.29 is 0 Å². The van der Waals surface area contributed by atoms with Gasteiger partial charge in [0.05, 0.1) is 0 Å². The van der Waals surface area contributed by atoms with Crippen molar-refractivity contribution in [3.8, 4) is 0 Å². The van der Waals surface area contributed by atoms with E-state index in [4.69, 9.17) is 5.73 Å². The smallest absolute Gasteiger partial charge is 0.0220 e. The Balaban J connectivity index is 1.76. The Bertz CT molecular complexity index is 211. The Morgan fingerprint density at radius 3 is 2.44 bits per heavy atom. The summed E-state index contributed by atoms with van der Waals surface area (Å²) in [4.78, 5) is 5.10. The second-order valence-corrected chi connectivity index (χ2v) is 5.78. The molecule has 2 rings (SSSR count). The Morgan fingerprint density at radius 1 is 1.19 bits per heavy atom. The molecule has 2 fully saturated rings. The molecule has 0 aromatic heterocycles. The second-order valence-electron chi connectivity index (χ2n) is 5.78. The van der Waals surface area contributed by atoms with Crippen molar-refractivity contribution in [2.45, 2.75) is 56.7 Å². The Kier molecular flexibility index (Phi) is 4.22. The molecule has 0 spiro atoms. The van der Waals surface area contributed by atoms with Gasteiger partial charge in [0.15, 0.2) is 0 Å². The molecule has 16 heavy (non-hydrogen) atoms. The van der Waals surface area contributed by atoms with Gasteiger partial charge < -0.3 is 15.5 Å². The van der Waals surface area contributed by atoms with Crippen LogP contribution in [0.1, 0.15) is 38.5 Å². The van der Waals surface area contributed by atoms with Crippen LogP contribution in [0.3, 0.4) is 0 Å². The minimum atomic E-state index is 0.471. The van der Waals surface area contributed by atoms with Crippen molar-refractivity contribution in [1.82, 2.24) is 9.80 Å². The van der Waals surface area contributed by atoms with Crippen molar-refractivity contribution in [1.29, 1.82) is 0 Å². The average Bonchev–Trinajstić information content (AvgIpc) is 2.65. The Morgan fingerprint density at radius 2 is 1.88 bits per heavy atom. The Hall–Kier alpha value is -0.120. The van der Waals surface area contributed by atoms with Gasteiger partial charge in [0, 0.05) is 24.7 Å². The first-order chi connectivity index (χ1) is 7.66. The molecule has 1 aliphatic heterocycles. The highest BCUT2D eigenvalue weighted by molar-refractivity contribution is 4.84. The van der Waals surface area contributed by atoms with E-state index in [1.54, 1.807) is 0 Å². The maximum Gasteiger partial charge on any atom is 0.0220 e. The molecule has 2 N–H and O–H groups in total. The molecule has 3 heteroatoms. The highest BCUT2D eigenvalue weighted by atomic mass is 15.2. The van der Waals surface area contributed by atoms with E-state index in [1.807, 2.05) is 0 Å². The van der Waals surface area contributed by atoms with Crippen LogP contribution in [0.4, 0.5) is 0 Å². The van der Waals surface area contributed by atoms with Gasteiger partial charge in [-0.2, -0.15) is 0 Å². The lowest BCUT2D eigenvalue weighted by Gasteiger charge is -2.36. The molecule has 1 aliphatic carbocycles. The van der Waals surface area contributed by atoms with E-state index in [0.717, 1.165) is 12.1 Å². The van der Waals surface area contributed by atoms with Crippen LogP contribution in [0.25, 0.3) is 0 Å². The molecule has 0 radical (unpaired) electrons. The first kappa shape index (κ1) is 12.3. The summed E-state index contributed by atoms with van der Waals surface area (Å²) in [5.74, 6) is 0. The van der Waals surface area contributed by atoms with Gasteiger partial charge in [-0.05, 0) is 59.2 Å². The summed E-state index contributed by atoms with van der Waals surface area (Å²) in [6, 6.07) is 2.05. The molecular weight excluding hydrogens is 198 g/mol. The number of likely N-dealkylation sites (tertiary alicyclic amines) is 1. The average molecular weight is 225 g/mol. The third kappa shape index (κ3) is 2.96. The van der Waals surface area contributed by atoms with Gasteiger partial charge in [-0.1, -0.05) is 0 Å². The summed E-state index contributed by atoms with van der Waals surface area (Å²) in [6.07, 6.45) is 7.80. The number of nitrogens with zero attached hydrogens (tertiary/aromatic N) is 2. The lowest BCUT2D eigenvalue weighted by atomic mass is 9.91. The lowest BCUT2D eigenvalue weighted by Crippen LogP contribution is -2.44. The third-order valence-electron chi connectivity index (χ3n) is 4.53. The number of nitrogens with two attached hydrogens (primary N) is 1. The summed E-state index contributed by atoms with van der Waals surface area (Å²) in [5, 5.41) is 0. The molecule has 0 aromatic rings. The maximum absolute atomic E-state index is 5.96. The van der Waals surface area contributed by atoms with Crippen molar-refractivity contribution >= 4 is 0 Å². The van der Waals surface area contributed by atoms with Crippen LogP contribution in [0, 0.1) is 0 Å². The molecule has 2 aliphatic rings. The molecule has 3 nitrogen and oxygen atoms in total. The minimum Gasteiger partial charge on any atom is -0.328 e. The highest BCUT2D eigenvalue weighted by Gasteiger charge is 2.27. The predicted molar refractivity (Wildman–Crippen MR) is 68.5 cm³/mol. The summed E-state index contributed by atoms with van der Waals surface area (Å²) in [6.45, 7) is 2.53. The van der Waals surface area contributed by atoms with Crippen LogP contribution < -0.4 is 5.73 Å². The lowest BCUT2D eigenvalue weighted by molar-refractivity contribution is 0.143. The van der Waals surface area contributed by atoms with Crippen LogP contribution >= 0.6 is 0 Å². The van der Waals surface area contributed by atoms with Crippen LogP contribution in [0.5, 0.6) is 0 Å². The summed E-state index contributed by atoms with van der Waals surface area (Å²) >= 11 is 0. The zero-order valence-corrected chi connectivity index (χ0v) is 10.9. The van der Waals surface area contributed by atoms with E-state index in [9.17, 15) is 0 Å². The fourth-order valence-electron chi connectivity index (χ4n) is 3.23. The molecule has 1 unspecified atom stereocenters. The van der Waals surface area contributed by atoms with E-state index < -0.39 is 0 Å². The first-order valence-electron chi connectivity index (χ1n) is 6.83. The van der Waals surface area contributed by atoms with Gasteiger partial charge in [-0.3, -0.25) is 0 Å². The molecule has 1 heterocycles. The van der Waals surface area contributed by atoms with Crippen LogP contribution in [-0.2, 0) is 0 Å². The quantitative estimate of drug-likeness (QED) is 0.785. The number of hydrogen-bond acceptors (Lipinski definition) is 3. The van der Waals surface area contributed by atoms with Crippen molar-refractivity contribution in [3.05, 3.63) is 0 Å². The Labute approximate surface area is 100.0 Å². The third-order valence-corrected chi connectivity index (χ3v) is 4.53. The van der Waals surface area contributed by atoms with Gasteiger partial charge in [0.25, 0.3) is 0 Å². The van der Waals surface area contributed by atoms with E-state index in [-0.39, 0.29) is 0 Å². The molecule has 94 valence electrons. The zero-order chi connectivity index (χ0) is 11.5. The first-order valence-corrected chi connectivity index (χ1v) is 6.83. The minimum absolute atomic E-state index is 0.471. The molecule has 0 bridgehead atoms. The maximum atomic E-state index is 5.96. The standard InChI is InChI=1S/C13H27N3/c1-15-9-3-4-13(15)10-16(2)12-7-5-11(14)6-8-12/h11-13H,3-10,14H2,1-2H3. The van der Waals surface area contributed by atoms with E-state index >= 15 is 0 Å². The van der Waals surface area contributed by atoms with E-state index in [1.165, 1.54) is 51.6 Å². The number of hydrogen-bond donors (Lipinski definition) is 1. The molecule has 0 aromatic carbocycles. The highest BCUT2D eigenvalue weighted by Crippen LogP contribution is 2.23. The molecular formula is C13H27N3. The van der Waals surface area contributed by atoms with Gasteiger partial charge >= 0.3 is 0 Å². The van der Waals surface area contributed by atoms with E-state index in [0.29, 0.717) is 6.04 Å². The van der Waals surface area contributed by atoms with Crippen molar-refractivity contribution in [3.63, 3.8) is 0 Å². The normalized spacial score (nSPS) is 37.1. The van der Waals surface area contributed by atoms with Gasteiger partial charge in [0.2, 0.25) is 0 Å². The number of likely N-dealkylation sites (N-methyl/N-ethyl adjacent to an activating group) is 2. The molecule has 0 amide bonds. The second kappa shape index (κ2) is 5.48.